The van der Waals surface area contributed by atoms with Crippen LogP contribution in [0.1, 0.15) is 26.2 Å². The fourth-order valence-corrected chi connectivity index (χ4v) is 1.09. The van der Waals surface area contributed by atoms with E-state index >= 15 is 0 Å². The van der Waals surface area contributed by atoms with Crippen molar-refractivity contribution < 1.29 is 23.7 Å². The van der Waals surface area contributed by atoms with Crippen LogP contribution >= 0.6 is 0 Å². The Morgan fingerprint density at radius 3 is 2.44 bits per heavy atom. The molecule has 0 aromatic rings. The fourth-order valence-electron chi connectivity index (χ4n) is 1.09. The molecule has 5 heteroatoms. The molecule has 0 aromatic heterocycles. The van der Waals surface area contributed by atoms with Crippen LogP contribution in [0.2, 0.25) is 0 Å². The van der Waals surface area contributed by atoms with Gasteiger partial charge in [-0.3, -0.25) is 0 Å². The van der Waals surface area contributed by atoms with Crippen LogP contribution in [-0.2, 0) is 18.9 Å². The van der Waals surface area contributed by atoms with Crippen LogP contribution in [0, 0.1) is 0 Å². The maximum Gasteiger partial charge on any atom is 0.507 e. The third kappa shape index (κ3) is 8.49. The Hall–Kier alpha value is -0.810. The van der Waals surface area contributed by atoms with Crippen LogP contribution < -0.4 is 0 Å². The molecule has 0 aromatic carbocycles. The zero-order valence-electron chi connectivity index (χ0n) is 10.4. The maximum atomic E-state index is 10.6. The number of hydrogen-bond acceptors (Lipinski definition) is 5. The van der Waals surface area contributed by atoms with E-state index in [0.29, 0.717) is 19.8 Å². The van der Waals surface area contributed by atoms with Gasteiger partial charge in [-0.15, -0.1) is 0 Å². The minimum Gasteiger partial charge on any atom is -0.438 e. The van der Waals surface area contributed by atoms with Gasteiger partial charge in [0, 0.05) is 13.7 Å². The third-order valence-corrected chi connectivity index (χ3v) is 2.16. The standard InChI is InChI=1S/C11H22O5/c1-4-10(13-2)9-15-7-5-6-8-16-11(12)14-3/h10H,4-9H2,1-3H3. The Labute approximate surface area is 97.0 Å². The molecule has 0 amide bonds. The SMILES string of the molecule is CCC(COCCCCOC(=O)OC)OC. The number of ether oxygens (including phenoxy) is 4. The van der Waals surface area contributed by atoms with E-state index in [2.05, 4.69) is 11.7 Å². The van der Waals surface area contributed by atoms with Crippen LogP contribution in [0.25, 0.3) is 0 Å². The molecule has 16 heavy (non-hydrogen) atoms. The van der Waals surface area contributed by atoms with Gasteiger partial charge in [0.15, 0.2) is 0 Å². The summed E-state index contributed by atoms with van der Waals surface area (Å²) in [5.74, 6) is 0. The zero-order valence-corrected chi connectivity index (χ0v) is 10.4. The van der Waals surface area contributed by atoms with E-state index < -0.39 is 6.16 Å². The molecule has 0 bridgehead atoms. The number of methoxy groups -OCH3 is 2. The van der Waals surface area contributed by atoms with E-state index in [-0.39, 0.29) is 6.10 Å². The van der Waals surface area contributed by atoms with E-state index in [1.165, 1.54) is 7.11 Å². The first kappa shape index (κ1) is 15.2. The maximum absolute atomic E-state index is 10.6. The third-order valence-electron chi connectivity index (χ3n) is 2.16. The summed E-state index contributed by atoms with van der Waals surface area (Å²) in [7, 11) is 2.98. The highest BCUT2D eigenvalue weighted by molar-refractivity contribution is 5.59. The highest BCUT2D eigenvalue weighted by Gasteiger charge is 2.03. The van der Waals surface area contributed by atoms with E-state index in [9.17, 15) is 4.79 Å². The van der Waals surface area contributed by atoms with Crippen molar-refractivity contribution in [1.82, 2.24) is 0 Å². The number of carbonyl (C=O) groups excluding carboxylic acids is 1. The molecule has 0 saturated carbocycles. The van der Waals surface area contributed by atoms with Crippen molar-refractivity contribution >= 4 is 6.16 Å². The smallest absolute Gasteiger partial charge is 0.438 e. The van der Waals surface area contributed by atoms with E-state index in [1.807, 2.05) is 0 Å². The van der Waals surface area contributed by atoms with E-state index in [1.54, 1.807) is 7.11 Å². The van der Waals surface area contributed by atoms with Gasteiger partial charge in [-0.25, -0.2) is 4.79 Å². The topological polar surface area (TPSA) is 54.0 Å². The Kier molecular flexibility index (Phi) is 10.2. The van der Waals surface area contributed by atoms with Crippen molar-refractivity contribution in [2.45, 2.75) is 32.3 Å². The van der Waals surface area contributed by atoms with Gasteiger partial charge in [0.05, 0.1) is 26.4 Å². The van der Waals surface area contributed by atoms with Gasteiger partial charge in [0.25, 0.3) is 0 Å². The lowest BCUT2D eigenvalue weighted by molar-refractivity contribution is 0.00442. The molecule has 0 aliphatic carbocycles. The van der Waals surface area contributed by atoms with Gasteiger partial charge in [0.2, 0.25) is 0 Å². The summed E-state index contributed by atoms with van der Waals surface area (Å²) in [6.07, 6.45) is 2.12. The summed E-state index contributed by atoms with van der Waals surface area (Å²) in [6.45, 7) is 3.70. The summed E-state index contributed by atoms with van der Waals surface area (Å²) >= 11 is 0. The normalized spacial score (nSPS) is 12.2. The molecule has 0 heterocycles. The fraction of sp³-hybridized carbons (Fsp3) is 0.909. The first-order valence-corrected chi connectivity index (χ1v) is 5.55. The first-order chi connectivity index (χ1) is 7.74. The summed E-state index contributed by atoms with van der Waals surface area (Å²) in [5, 5.41) is 0. The van der Waals surface area contributed by atoms with Crippen LogP contribution in [0.15, 0.2) is 0 Å². The molecule has 0 N–H and O–H groups in total. The van der Waals surface area contributed by atoms with Crippen LogP contribution in [-0.4, -0.2) is 46.3 Å². The lowest BCUT2D eigenvalue weighted by Gasteiger charge is -2.12. The van der Waals surface area contributed by atoms with Crippen molar-refractivity contribution in [3.8, 4) is 0 Å². The second-order valence-electron chi connectivity index (χ2n) is 3.35. The summed E-state index contributed by atoms with van der Waals surface area (Å²) in [4.78, 5) is 10.6. The van der Waals surface area contributed by atoms with E-state index in [0.717, 1.165) is 19.3 Å². The molecule has 96 valence electrons. The second kappa shape index (κ2) is 10.7. The summed E-state index contributed by atoms with van der Waals surface area (Å²) < 4.78 is 19.6. The largest absolute Gasteiger partial charge is 0.507 e. The Morgan fingerprint density at radius 2 is 1.88 bits per heavy atom. The average Bonchev–Trinajstić information content (AvgIpc) is 2.32. The van der Waals surface area contributed by atoms with Gasteiger partial charge in [-0.1, -0.05) is 6.92 Å². The number of unbranched alkanes of at least 4 members (excludes halogenated alkanes) is 1. The highest BCUT2D eigenvalue weighted by Crippen LogP contribution is 1.98. The molecular weight excluding hydrogens is 212 g/mol. The minimum atomic E-state index is -0.633. The van der Waals surface area contributed by atoms with Crippen molar-refractivity contribution in [2.24, 2.45) is 0 Å². The number of hydrogen-bond donors (Lipinski definition) is 0. The van der Waals surface area contributed by atoms with E-state index in [4.69, 9.17) is 14.2 Å². The zero-order chi connectivity index (χ0) is 12.2. The van der Waals surface area contributed by atoms with Gasteiger partial charge in [0.1, 0.15) is 0 Å². The lowest BCUT2D eigenvalue weighted by atomic mass is 10.3. The van der Waals surface area contributed by atoms with Crippen LogP contribution in [0.5, 0.6) is 0 Å². The molecule has 5 nitrogen and oxygen atoms in total. The molecule has 0 radical (unpaired) electrons. The monoisotopic (exact) mass is 234 g/mol. The quantitative estimate of drug-likeness (QED) is 0.451. The molecule has 0 aliphatic rings. The minimum absolute atomic E-state index is 0.173. The molecule has 0 fully saturated rings. The number of carbonyl (C=O) groups is 1. The van der Waals surface area contributed by atoms with Gasteiger partial charge in [-0.2, -0.15) is 0 Å². The second-order valence-corrected chi connectivity index (χ2v) is 3.35. The predicted molar refractivity (Wildman–Crippen MR) is 59.5 cm³/mol. The van der Waals surface area contributed by atoms with Crippen LogP contribution in [0.3, 0.4) is 0 Å². The Bertz CT molecular complexity index is 168. The lowest BCUT2D eigenvalue weighted by Crippen LogP contribution is -2.17. The number of rotatable bonds is 9. The highest BCUT2D eigenvalue weighted by atomic mass is 16.7. The van der Waals surface area contributed by atoms with Crippen molar-refractivity contribution in [3.63, 3.8) is 0 Å². The summed E-state index contributed by atoms with van der Waals surface area (Å²) in [5.41, 5.74) is 0. The molecule has 1 atom stereocenters. The molecule has 0 saturated heterocycles. The molecule has 0 spiro atoms. The van der Waals surface area contributed by atoms with Gasteiger partial charge < -0.3 is 18.9 Å². The summed E-state index contributed by atoms with van der Waals surface area (Å²) in [6, 6.07) is 0. The molecule has 0 aliphatic heterocycles. The van der Waals surface area contributed by atoms with Crippen molar-refractivity contribution in [1.29, 1.82) is 0 Å². The Morgan fingerprint density at radius 1 is 1.19 bits per heavy atom. The van der Waals surface area contributed by atoms with Gasteiger partial charge >= 0.3 is 6.16 Å². The van der Waals surface area contributed by atoms with Gasteiger partial charge in [-0.05, 0) is 19.3 Å². The Balaban J connectivity index is 3.18. The first-order valence-electron chi connectivity index (χ1n) is 5.55. The average molecular weight is 234 g/mol. The van der Waals surface area contributed by atoms with Crippen molar-refractivity contribution in [2.75, 3.05) is 34.0 Å². The van der Waals surface area contributed by atoms with Crippen molar-refractivity contribution in [3.05, 3.63) is 0 Å². The molecule has 0 rings (SSSR count). The van der Waals surface area contributed by atoms with Crippen LogP contribution in [0.4, 0.5) is 4.79 Å². The predicted octanol–water partition coefficient (Wildman–Crippen LogP) is 1.99. The molecule has 1 unspecified atom stereocenters. The molecular formula is C11H22O5.